The fourth-order valence-corrected chi connectivity index (χ4v) is 4.12. The molecule has 0 atom stereocenters. The van der Waals surface area contributed by atoms with Crippen molar-refractivity contribution in [2.24, 2.45) is 0 Å². The van der Waals surface area contributed by atoms with Crippen LogP contribution >= 0.6 is 11.8 Å². The van der Waals surface area contributed by atoms with Crippen LogP contribution in [0.25, 0.3) is 0 Å². The summed E-state index contributed by atoms with van der Waals surface area (Å²) in [5.41, 5.74) is 1.78. The van der Waals surface area contributed by atoms with Gasteiger partial charge in [-0.05, 0) is 43.5 Å². The minimum Gasteiger partial charge on any atom is -0.467 e. The van der Waals surface area contributed by atoms with Crippen molar-refractivity contribution in [2.75, 3.05) is 5.75 Å². The monoisotopic (exact) mass is 385 g/mol. The number of amides is 1. The molecule has 1 amide bonds. The molecule has 1 aliphatic rings. The molecule has 0 saturated carbocycles. The van der Waals surface area contributed by atoms with Crippen LogP contribution in [0.2, 0.25) is 0 Å². The van der Waals surface area contributed by atoms with E-state index in [1.807, 2.05) is 6.07 Å². The number of carbonyl (C=O) groups is 1. The number of nitrogens with one attached hydrogen (secondary N) is 1. The lowest BCUT2D eigenvalue weighted by molar-refractivity contribution is -0.118. The smallest absolute Gasteiger partial charge is 0.349 e. The molecular weight excluding hydrogens is 366 g/mol. The van der Waals surface area contributed by atoms with E-state index in [4.69, 9.17) is 8.83 Å². The second kappa shape index (κ2) is 7.87. The van der Waals surface area contributed by atoms with Crippen LogP contribution in [0.5, 0.6) is 0 Å². The molecule has 8 heteroatoms. The fraction of sp³-hybridized carbons (Fsp3) is 0.316. The van der Waals surface area contributed by atoms with Crippen LogP contribution in [0.1, 0.15) is 29.2 Å². The van der Waals surface area contributed by atoms with E-state index in [-0.39, 0.29) is 17.3 Å². The average molecular weight is 385 g/mol. The number of thioether (sulfide) groups is 1. The number of rotatable bonds is 7. The highest BCUT2D eigenvalue weighted by molar-refractivity contribution is 7.99. The van der Waals surface area contributed by atoms with Gasteiger partial charge in [-0.2, -0.15) is 4.98 Å². The molecule has 4 rings (SSSR count). The molecule has 0 saturated heterocycles. The van der Waals surface area contributed by atoms with Crippen molar-refractivity contribution >= 4 is 17.7 Å². The van der Waals surface area contributed by atoms with Crippen LogP contribution in [0.3, 0.4) is 0 Å². The van der Waals surface area contributed by atoms with Crippen molar-refractivity contribution in [3.05, 3.63) is 70.1 Å². The Morgan fingerprint density at radius 1 is 1.19 bits per heavy atom. The molecule has 0 aliphatic heterocycles. The highest BCUT2D eigenvalue weighted by Gasteiger charge is 2.23. The molecule has 3 heterocycles. The molecule has 1 N–H and O–H groups in total. The molecule has 3 aromatic rings. The van der Waals surface area contributed by atoms with E-state index in [1.54, 1.807) is 35.3 Å². The Labute approximate surface area is 159 Å². The molecule has 140 valence electrons. The van der Waals surface area contributed by atoms with Crippen molar-refractivity contribution in [1.29, 1.82) is 0 Å². The largest absolute Gasteiger partial charge is 0.467 e. The van der Waals surface area contributed by atoms with Crippen LogP contribution in [0.4, 0.5) is 0 Å². The van der Waals surface area contributed by atoms with Gasteiger partial charge in [0.2, 0.25) is 5.91 Å². The lowest BCUT2D eigenvalue weighted by Crippen LogP contribution is -2.28. The maximum Gasteiger partial charge on any atom is 0.349 e. The van der Waals surface area contributed by atoms with E-state index in [1.165, 1.54) is 11.8 Å². The number of fused-ring (bicyclic) bond motifs is 1. The van der Waals surface area contributed by atoms with E-state index in [9.17, 15) is 9.59 Å². The number of hydrogen-bond acceptors (Lipinski definition) is 6. The number of hydrogen-bond donors (Lipinski definition) is 1. The molecule has 7 nitrogen and oxygen atoms in total. The Kier molecular flexibility index (Phi) is 5.15. The van der Waals surface area contributed by atoms with Crippen molar-refractivity contribution in [2.45, 2.75) is 37.4 Å². The predicted octanol–water partition coefficient (Wildman–Crippen LogP) is 2.37. The highest BCUT2D eigenvalue weighted by Crippen LogP contribution is 2.29. The van der Waals surface area contributed by atoms with Crippen LogP contribution in [0.15, 0.2) is 55.4 Å². The third-order valence-corrected chi connectivity index (χ3v) is 5.49. The Hall–Kier alpha value is -2.74. The van der Waals surface area contributed by atoms with Crippen LogP contribution in [-0.4, -0.2) is 21.2 Å². The van der Waals surface area contributed by atoms with E-state index >= 15 is 0 Å². The summed E-state index contributed by atoms with van der Waals surface area (Å²) in [5.74, 6) is 1.52. The summed E-state index contributed by atoms with van der Waals surface area (Å²) in [5, 5.41) is 3.46. The summed E-state index contributed by atoms with van der Waals surface area (Å²) >= 11 is 1.31. The number of furan rings is 2. The Morgan fingerprint density at radius 2 is 1.96 bits per heavy atom. The Morgan fingerprint density at radius 3 is 2.70 bits per heavy atom. The Balaban J connectivity index is 1.45. The molecule has 0 radical (unpaired) electrons. The first-order valence-corrected chi connectivity index (χ1v) is 9.76. The summed E-state index contributed by atoms with van der Waals surface area (Å²) in [4.78, 5) is 28.9. The minimum atomic E-state index is -0.300. The molecule has 0 unspecified atom stereocenters. The van der Waals surface area contributed by atoms with E-state index < -0.39 is 0 Å². The Bertz CT molecular complexity index is 977. The lowest BCUT2D eigenvalue weighted by atomic mass is 10.2. The first-order chi connectivity index (χ1) is 13.2. The SMILES string of the molecule is O=C(CSc1nc(=O)n(Cc2ccco2)c2c1CCC2)NCc1ccco1. The molecule has 27 heavy (non-hydrogen) atoms. The maximum atomic E-state index is 12.5. The standard InChI is InChI=1S/C19H19N3O4S/c23-17(20-10-13-4-2-8-25-13)12-27-18-15-6-1-7-16(15)22(19(24)21-18)11-14-5-3-9-26-14/h2-5,8-9H,1,6-7,10-12H2,(H,20,23). The normalized spacial score (nSPS) is 12.9. The van der Waals surface area contributed by atoms with Gasteiger partial charge in [0.1, 0.15) is 16.5 Å². The quantitative estimate of drug-likeness (QED) is 0.496. The van der Waals surface area contributed by atoms with Gasteiger partial charge in [0, 0.05) is 11.3 Å². The van der Waals surface area contributed by atoms with Gasteiger partial charge in [-0.25, -0.2) is 4.79 Å². The average Bonchev–Trinajstić information content (AvgIpc) is 3.42. The van der Waals surface area contributed by atoms with Gasteiger partial charge < -0.3 is 14.2 Å². The number of carbonyl (C=O) groups excluding carboxylic acids is 1. The van der Waals surface area contributed by atoms with Crippen LogP contribution in [-0.2, 0) is 30.7 Å². The zero-order valence-corrected chi connectivity index (χ0v) is 15.5. The minimum absolute atomic E-state index is 0.121. The molecule has 0 spiro atoms. The molecule has 0 fully saturated rings. The summed E-state index contributed by atoms with van der Waals surface area (Å²) in [6.45, 7) is 0.735. The van der Waals surface area contributed by atoms with Gasteiger partial charge in [-0.15, -0.1) is 0 Å². The first-order valence-electron chi connectivity index (χ1n) is 8.77. The van der Waals surface area contributed by atoms with Gasteiger partial charge >= 0.3 is 5.69 Å². The molecule has 0 bridgehead atoms. The molecule has 0 aromatic carbocycles. The van der Waals surface area contributed by atoms with Crippen LogP contribution < -0.4 is 11.0 Å². The topological polar surface area (TPSA) is 90.3 Å². The summed E-state index contributed by atoms with van der Waals surface area (Å²) in [6, 6.07) is 7.24. The zero-order valence-electron chi connectivity index (χ0n) is 14.6. The molecular formula is C19H19N3O4S. The molecule has 1 aliphatic carbocycles. The third-order valence-electron chi connectivity index (χ3n) is 4.47. The second-order valence-electron chi connectivity index (χ2n) is 6.29. The zero-order chi connectivity index (χ0) is 18.6. The van der Waals surface area contributed by atoms with E-state index in [2.05, 4.69) is 10.3 Å². The van der Waals surface area contributed by atoms with Crippen molar-refractivity contribution in [3.63, 3.8) is 0 Å². The molecule has 3 aromatic heterocycles. The van der Waals surface area contributed by atoms with Gasteiger partial charge in [-0.3, -0.25) is 9.36 Å². The van der Waals surface area contributed by atoms with Gasteiger partial charge in [-0.1, -0.05) is 11.8 Å². The summed E-state index contributed by atoms with van der Waals surface area (Å²) < 4.78 is 12.2. The van der Waals surface area contributed by atoms with E-state index in [0.29, 0.717) is 23.9 Å². The highest BCUT2D eigenvalue weighted by atomic mass is 32.2. The van der Waals surface area contributed by atoms with Crippen molar-refractivity contribution in [1.82, 2.24) is 14.9 Å². The van der Waals surface area contributed by atoms with Gasteiger partial charge in [0.05, 0.1) is 31.4 Å². The lowest BCUT2D eigenvalue weighted by Gasteiger charge is -2.13. The fourth-order valence-electron chi connectivity index (χ4n) is 3.21. The third kappa shape index (κ3) is 4.00. The maximum absolute atomic E-state index is 12.5. The summed E-state index contributed by atoms with van der Waals surface area (Å²) in [6.07, 6.45) is 5.86. The summed E-state index contributed by atoms with van der Waals surface area (Å²) in [7, 11) is 0. The van der Waals surface area contributed by atoms with E-state index in [0.717, 1.165) is 36.3 Å². The predicted molar refractivity (Wildman–Crippen MR) is 99.6 cm³/mol. The van der Waals surface area contributed by atoms with Gasteiger partial charge in [0.15, 0.2) is 0 Å². The number of aromatic nitrogens is 2. The van der Waals surface area contributed by atoms with Crippen molar-refractivity contribution < 1.29 is 13.6 Å². The second-order valence-corrected chi connectivity index (χ2v) is 7.25. The van der Waals surface area contributed by atoms with Crippen LogP contribution in [0, 0.1) is 0 Å². The van der Waals surface area contributed by atoms with Crippen molar-refractivity contribution in [3.8, 4) is 0 Å². The number of nitrogens with zero attached hydrogens (tertiary/aromatic N) is 2. The van der Waals surface area contributed by atoms with Gasteiger partial charge in [0.25, 0.3) is 0 Å². The first kappa shape index (κ1) is 17.7.